The summed E-state index contributed by atoms with van der Waals surface area (Å²) in [7, 11) is 3.99. The topological polar surface area (TPSA) is 80.3 Å². The first-order valence-electron chi connectivity index (χ1n) is 6.46. The minimum atomic E-state index is 0.0421. The van der Waals surface area contributed by atoms with Gasteiger partial charge in [-0.05, 0) is 20.0 Å². The molecule has 7 heteroatoms. The first-order chi connectivity index (χ1) is 8.88. The Hall–Kier alpha value is -1.63. The van der Waals surface area contributed by atoms with Gasteiger partial charge >= 0.3 is 0 Å². The summed E-state index contributed by atoms with van der Waals surface area (Å²) in [6.07, 6.45) is 1.48. The predicted octanol–water partition coefficient (Wildman–Crippen LogP) is -0.0935. The third kappa shape index (κ3) is 5.69. The van der Waals surface area contributed by atoms with Crippen LogP contribution in [0.25, 0.3) is 0 Å². The van der Waals surface area contributed by atoms with E-state index in [-0.39, 0.29) is 18.4 Å². The number of anilines is 1. The van der Waals surface area contributed by atoms with Crippen LogP contribution in [0.2, 0.25) is 0 Å². The fourth-order valence-electron chi connectivity index (χ4n) is 1.70. The Labute approximate surface area is 114 Å². The highest BCUT2D eigenvalue weighted by atomic mass is 16.2. The molecule has 0 bridgehead atoms. The van der Waals surface area contributed by atoms with E-state index in [1.54, 1.807) is 0 Å². The summed E-state index contributed by atoms with van der Waals surface area (Å²) in [5, 5.41) is 3.93. The number of hydrogen-bond acceptors (Lipinski definition) is 5. The monoisotopic (exact) mass is 268 g/mol. The van der Waals surface area contributed by atoms with Crippen LogP contribution in [0.15, 0.2) is 6.33 Å². The maximum Gasteiger partial charge on any atom is 0.244 e. The first-order valence-corrected chi connectivity index (χ1v) is 6.46. The van der Waals surface area contributed by atoms with Gasteiger partial charge in [-0.3, -0.25) is 4.79 Å². The third-order valence-corrected chi connectivity index (χ3v) is 2.61. The summed E-state index contributed by atoms with van der Waals surface area (Å²) < 4.78 is 1.47. The number of hydrogen-bond donors (Lipinski definition) is 1. The van der Waals surface area contributed by atoms with E-state index in [1.165, 1.54) is 11.0 Å². The fraction of sp³-hybridized carbons (Fsp3) is 0.750. The second-order valence-corrected chi connectivity index (χ2v) is 5.34. The molecule has 0 saturated heterocycles. The van der Waals surface area contributed by atoms with E-state index in [1.807, 2.05) is 19.0 Å². The number of aromatic nitrogens is 3. The van der Waals surface area contributed by atoms with Gasteiger partial charge in [-0.25, -0.2) is 9.67 Å². The smallest absolute Gasteiger partial charge is 0.244 e. The number of amides is 1. The van der Waals surface area contributed by atoms with E-state index in [9.17, 15) is 4.79 Å². The van der Waals surface area contributed by atoms with Gasteiger partial charge in [0.05, 0.1) is 0 Å². The highest BCUT2D eigenvalue weighted by molar-refractivity contribution is 5.75. The number of carbonyl (C=O) groups is 1. The Balaban J connectivity index is 2.59. The normalized spacial score (nSPS) is 11.3. The molecule has 0 aromatic carbocycles. The SMILES string of the molecule is CC(C)CN(CCN(C)C)C(=O)Cn1cnc(N)n1. The summed E-state index contributed by atoms with van der Waals surface area (Å²) in [5.74, 6) is 0.670. The quantitative estimate of drug-likeness (QED) is 0.747. The van der Waals surface area contributed by atoms with Crippen molar-refractivity contribution in [1.82, 2.24) is 24.6 Å². The largest absolute Gasteiger partial charge is 0.367 e. The Kier molecular flexibility index (Phi) is 5.75. The molecule has 0 unspecified atom stereocenters. The molecular formula is C12H24N6O. The van der Waals surface area contributed by atoms with Crippen molar-refractivity contribution < 1.29 is 4.79 Å². The Morgan fingerprint density at radius 3 is 2.58 bits per heavy atom. The van der Waals surface area contributed by atoms with Crippen molar-refractivity contribution in [3.05, 3.63) is 6.33 Å². The summed E-state index contributed by atoms with van der Waals surface area (Å²) in [6.45, 7) is 6.69. The third-order valence-electron chi connectivity index (χ3n) is 2.61. The van der Waals surface area contributed by atoms with Gasteiger partial charge in [0.2, 0.25) is 11.9 Å². The van der Waals surface area contributed by atoms with Crippen molar-refractivity contribution in [1.29, 1.82) is 0 Å². The fourth-order valence-corrected chi connectivity index (χ4v) is 1.70. The van der Waals surface area contributed by atoms with Crippen molar-refractivity contribution in [2.45, 2.75) is 20.4 Å². The number of nitrogen functional groups attached to an aromatic ring is 1. The van der Waals surface area contributed by atoms with Crippen molar-refractivity contribution >= 4 is 11.9 Å². The van der Waals surface area contributed by atoms with Crippen molar-refractivity contribution in [3.63, 3.8) is 0 Å². The van der Waals surface area contributed by atoms with E-state index in [4.69, 9.17) is 5.73 Å². The predicted molar refractivity (Wildman–Crippen MR) is 74.4 cm³/mol. The number of carbonyl (C=O) groups excluding carboxylic acids is 1. The molecule has 1 aromatic heterocycles. The molecule has 0 fully saturated rings. The molecule has 108 valence electrons. The molecule has 1 rings (SSSR count). The van der Waals surface area contributed by atoms with Crippen LogP contribution in [0.5, 0.6) is 0 Å². The lowest BCUT2D eigenvalue weighted by Crippen LogP contribution is -2.40. The van der Waals surface area contributed by atoms with Crippen LogP contribution in [-0.2, 0) is 11.3 Å². The molecule has 0 radical (unpaired) electrons. The maximum absolute atomic E-state index is 12.2. The van der Waals surface area contributed by atoms with Crippen LogP contribution in [0.4, 0.5) is 5.95 Å². The summed E-state index contributed by atoms with van der Waals surface area (Å²) in [4.78, 5) is 20.0. The zero-order valence-electron chi connectivity index (χ0n) is 12.2. The molecule has 0 spiro atoms. The van der Waals surface area contributed by atoms with Crippen LogP contribution >= 0.6 is 0 Å². The van der Waals surface area contributed by atoms with Gasteiger partial charge in [0.25, 0.3) is 0 Å². The van der Waals surface area contributed by atoms with Crippen molar-refractivity contribution in [2.75, 3.05) is 39.5 Å². The second-order valence-electron chi connectivity index (χ2n) is 5.34. The molecule has 19 heavy (non-hydrogen) atoms. The van der Waals surface area contributed by atoms with Crippen LogP contribution in [0, 0.1) is 5.92 Å². The van der Waals surface area contributed by atoms with Crippen LogP contribution in [0.3, 0.4) is 0 Å². The van der Waals surface area contributed by atoms with Crippen LogP contribution in [-0.4, -0.2) is 64.2 Å². The molecule has 0 aliphatic heterocycles. The van der Waals surface area contributed by atoms with Crippen LogP contribution < -0.4 is 5.73 Å². The second kappa shape index (κ2) is 7.08. The average Bonchev–Trinajstić information content (AvgIpc) is 2.69. The molecule has 0 aliphatic carbocycles. The van der Waals surface area contributed by atoms with E-state index in [0.717, 1.165) is 13.1 Å². The molecule has 0 saturated carbocycles. The molecule has 2 N–H and O–H groups in total. The summed E-state index contributed by atoms with van der Waals surface area (Å²) in [5.41, 5.74) is 5.43. The van der Waals surface area contributed by atoms with Gasteiger partial charge in [-0.15, -0.1) is 5.10 Å². The average molecular weight is 268 g/mol. The minimum absolute atomic E-state index is 0.0421. The highest BCUT2D eigenvalue weighted by Gasteiger charge is 2.16. The van der Waals surface area contributed by atoms with Gasteiger partial charge in [0.1, 0.15) is 12.9 Å². The Morgan fingerprint density at radius 2 is 2.11 bits per heavy atom. The van der Waals surface area contributed by atoms with Gasteiger partial charge in [-0.1, -0.05) is 13.8 Å². The number of likely N-dealkylation sites (N-methyl/N-ethyl adjacent to an activating group) is 1. The molecule has 1 heterocycles. The molecule has 1 amide bonds. The van der Waals surface area contributed by atoms with E-state index >= 15 is 0 Å². The van der Waals surface area contributed by atoms with Gasteiger partial charge in [0.15, 0.2) is 0 Å². The number of nitrogens with zero attached hydrogens (tertiary/aromatic N) is 5. The zero-order valence-corrected chi connectivity index (χ0v) is 12.2. The molecule has 0 atom stereocenters. The standard InChI is InChI=1S/C12H24N6O/c1-10(2)7-17(6-5-16(3)4)11(19)8-18-9-14-12(13)15-18/h9-10H,5-8H2,1-4H3,(H2,13,15). The van der Waals surface area contributed by atoms with E-state index in [2.05, 4.69) is 28.8 Å². The highest BCUT2D eigenvalue weighted by Crippen LogP contribution is 2.01. The minimum Gasteiger partial charge on any atom is -0.367 e. The summed E-state index contributed by atoms with van der Waals surface area (Å²) >= 11 is 0. The Bertz CT molecular complexity index is 401. The maximum atomic E-state index is 12.2. The lowest BCUT2D eigenvalue weighted by Gasteiger charge is -2.26. The molecule has 1 aromatic rings. The number of nitrogens with two attached hydrogens (primary N) is 1. The van der Waals surface area contributed by atoms with Crippen molar-refractivity contribution in [3.8, 4) is 0 Å². The van der Waals surface area contributed by atoms with Gasteiger partial charge in [0, 0.05) is 19.6 Å². The van der Waals surface area contributed by atoms with Crippen molar-refractivity contribution in [2.24, 2.45) is 5.92 Å². The van der Waals surface area contributed by atoms with E-state index < -0.39 is 0 Å². The van der Waals surface area contributed by atoms with Crippen LogP contribution in [0.1, 0.15) is 13.8 Å². The molecule has 0 aliphatic rings. The lowest BCUT2D eigenvalue weighted by molar-refractivity contribution is -0.132. The molecular weight excluding hydrogens is 244 g/mol. The Morgan fingerprint density at radius 1 is 1.42 bits per heavy atom. The number of rotatable bonds is 7. The summed E-state index contributed by atoms with van der Waals surface area (Å²) in [6, 6.07) is 0. The van der Waals surface area contributed by atoms with E-state index in [0.29, 0.717) is 12.5 Å². The molecule has 7 nitrogen and oxygen atoms in total. The van der Waals surface area contributed by atoms with Gasteiger partial charge < -0.3 is 15.5 Å². The van der Waals surface area contributed by atoms with Gasteiger partial charge in [-0.2, -0.15) is 0 Å². The lowest BCUT2D eigenvalue weighted by atomic mass is 10.2. The zero-order chi connectivity index (χ0) is 14.4. The first kappa shape index (κ1) is 15.4.